The smallest absolute Gasteiger partial charge is 0.293 e. The van der Waals surface area contributed by atoms with E-state index < -0.39 is 5.91 Å². The van der Waals surface area contributed by atoms with E-state index in [0.717, 1.165) is 32.0 Å². The first-order valence-corrected chi connectivity index (χ1v) is 12.5. The molecule has 0 aliphatic rings. The van der Waals surface area contributed by atoms with Crippen molar-refractivity contribution in [3.05, 3.63) is 94.2 Å². The Balaban J connectivity index is 1.31. The fourth-order valence-electron chi connectivity index (χ4n) is 3.61. The Morgan fingerprint density at radius 1 is 0.971 bits per heavy atom. The number of halogens is 2. The maximum atomic E-state index is 12.7. The summed E-state index contributed by atoms with van der Waals surface area (Å²) in [7, 11) is 0. The number of amides is 1. The maximum Gasteiger partial charge on any atom is 0.293 e. The number of hydrogen-bond acceptors (Lipinski definition) is 5. The third-order valence-electron chi connectivity index (χ3n) is 5.38. The summed E-state index contributed by atoms with van der Waals surface area (Å²) in [5.41, 5.74) is 4.31. The zero-order valence-corrected chi connectivity index (χ0v) is 21.4. The van der Waals surface area contributed by atoms with E-state index in [4.69, 9.17) is 44.8 Å². The number of para-hydroxylation sites is 1. The van der Waals surface area contributed by atoms with Gasteiger partial charge < -0.3 is 9.73 Å². The average molecular weight is 538 g/mol. The van der Waals surface area contributed by atoms with Crippen LogP contribution in [0.5, 0.6) is 0 Å². The van der Waals surface area contributed by atoms with Gasteiger partial charge in [0.15, 0.2) is 10.9 Å². The van der Waals surface area contributed by atoms with E-state index in [1.165, 1.54) is 0 Å². The number of fused-ring (bicyclic) bond motifs is 1. The lowest BCUT2D eigenvalue weighted by Gasteiger charge is -2.13. The van der Waals surface area contributed by atoms with Gasteiger partial charge in [-0.3, -0.25) is 10.1 Å². The van der Waals surface area contributed by atoms with E-state index in [2.05, 4.69) is 16.7 Å². The van der Waals surface area contributed by atoms with Gasteiger partial charge in [0, 0.05) is 16.8 Å². The third-order valence-corrected chi connectivity index (χ3v) is 7.47. The zero-order chi connectivity index (χ0) is 24.5. The molecule has 0 unspecified atom stereocenters. The number of rotatable bonds is 4. The van der Waals surface area contributed by atoms with Gasteiger partial charge in [-0.25, -0.2) is 4.98 Å². The summed E-state index contributed by atoms with van der Waals surface area (Å²) in [6.07, 6.45) is 0. The molecule has 0 saturated carbocycles. The lowest BCUT2D eigenvalue weighted by atomic mass is 10.1. The molecule has 0 spiro atoms. The number of thiazole rings is 1. The summed E-state index contributed by atoms with van der Waals surface area (Å²) < 4.78 is 6.82. The lowest BCUT2D eigenvalue weighted by molar-refractivity contribution is 0.0951. The molecule has 1 amide bonds. The molecule has 2 N–H and O–H groups in total. The zero-order valence-electron chi connectivity index (χ0n) is 18.3. The second kappa shape index (κ2) is 9.79. The van der Waals surface area contributed by atoms with Crippen molar-refractivity contribution in [2.24, 2.45) is 0 Å². The van der Waals surface area contributed by atoms with Gasteiger partial charge in [0.25, 0.3) is 5.91 Å². The molecular formula is C26H17Cl2N3O2S2. The SMILES string of the molecule is Cc1c(NC(=S)NC(=O)c2ccc(-c3cccc(Cl)c3Cl)o2)cccc1-c1nc2ccccc2s1. The van der Waals surface area contributed by atoms with Crippen molar-refractivity contribution in [1.82, 2.24) is 10.3 Å². The summed E-state index contributed by atoms with van der Waals surface area (Å²) in [4.78, 5) is 17.5. The Labute approximate surface area is 220 Å². The highest BCUT2D eigenvalue weighted by Gasteiger charge is 2.17. The minimum atomic E-state index is -0.480. The van der Waals surface area contributed by atoms with E-state index in [9.17, 15) is 4.79 Å². The molecule has 5 aromatic rings. The predicted octanol–water partition coefficient (Wildman–Crippen LogP) is 7.97. The summed E-state index contributed by atoms with van der Waals surface area (Å²) >= 11 is 19.4. The summed E-state index contributed by atoms with van der Waals surface area (Å²) in [6, 6.07) is 22.3. The molecule has 0 fully saturated rings. The van der Waals surface area contributed by atoms with Crippen molar-refractivity contribution in [3.63, 3.8) is 0 Å². The molecule has 0 bridgehead atoms. The molecule has 174 valence electrons. The van der Waals surface area contributed by atoms with Crippen LogP contribution in [-0.2, 0) is 0 Å². The van der Waals surface area contributed by atoms with Crippen molar-refractivity contribution in [3.8, 4) is 21.9 Å². The lowest BCUT2D eigenvalue weighted by Crippen LogP contribution is -2.34. The van der Waals surface area contributed by atoms with E-state index >= 15 is 0 Å². The Kier molecular flexibility index (Phi) is 6.58. The average Bonchev–Trinajstić information content (AvgIpc) is 3.50. The van der Waals surface area contributed by atoms with Crippen molar-refractivity contribution in [2.75, 3.05) is 5.32 Å². The summed E-state index contributed by atoms with van der Waals surface area (Å²) in [6.45, 7) is 1.99. The number of benzene rings is 3. The second-order valence-corrected chi connectivity index (χ2v) is 9.86. The normalized spacial score (nSPS) is 10.9. The van der Waals surface area contributed by atoms with Gasteiger partial charge in [-0.15, -0.1) is 11.3 Å². The van der Waals surface area contributed by atoms with Gasteiger partial charge in [0.1, 0.15) is 10.8 Å². The second-order valence-electron chi connectivity index (χ2n) is 7.64. The Morgan fingerprint density at radius 2 is 1.74 bits per heavy atom. The number of hydrogen-bond donors (Lipinski definition) is 2. The number of carbonyl (C=O) groups excluding carboxylic acids is 1. The van der Waals surface area contributed by atoms with Crippen LogP contribution >= 0.6 is 46.8 Å². The fourth-order valence-corrected chi connectivity index (χ4v) is 5.25. The molecule has 3 aromatic carbocycles. The van der Waals surface area contributed by atoms with Crippen LogP contribution in [0, 0.1) is 6.92 Å². The van der Waals surface area contributed by atoms with E-state index in [0.29, 0.717) is 21.4 Å². The highest BCUT2D eigenvalue weighted by molar-refractivity contribution is 7.80. The largest absolute Gasteiger partial charge is 0.451 e. The standard InChI is InChI=1S/C26H17Cl2N3O2S2/c1-14-15(25-29-19-9-2-3-11-22(19)35-25)6-5-10-18(14)30-26(34)31-24(32)21-13-12-20(33-21)16-7-4-8-17(27)23(16)28/h2-13H,1H3,(H2,30,31,32,34). The number of nitrogens with zero attached hydrogens (tertiary/aromatic N) is 1. The van der Waals surface area contributed by atoms with Crippen LogP contribution in [-0.4, -0.2) is 16.0 Å². The van der Waals surface area contributed by atoms with Crippen LogP contribution in [0.2, 0.25) is 10.0 Å². The Bertz CT molecular complexity index is 1560. The molecule has 9 heteroatoms. The van der Waals surface area contributed by atoms with Crippen molar-refractivity contribution in [1.29, 1.82) is 0 Å². The monoisotopic (exact) mass is 537 g/mol. The van der Waals surface area contributed by atoms with Gasteiger partial charge in [0.05, 0.1) is 20.3 Å². The van der Waals surface area contributed by atoms with Gasteiger partial charge in [-0.1, -0.05) is 53.5 Å². The van der Waals surface area contributed by atoms with Crippen LogP contribution in [0.4, 0.5) is 5.69 Å². The minimum absolute atomic E-state index is 0.0974. The van der Waals surface area contributed by atoms with E-state index in [1.54, 1.807) is 41.7 Å². The molecule has 0 aliphatic heterocycles. The van der Waals surface area contributed by atoms with Crippen LogP contribution < -0.4 is 10.6 Å². The van der Waals surface area contributed by atoms with Gasteiger partial charge in [0.2, 0.25) is 0 Å². The molecule has 5 rings (SSSR count). The van der Waals surface area contributed by atoms with Gasteiger partial charge in [-0.05, 0) is 67.2 Å². The molecule has 0 atom stereocenters. The Hall–Kier alpha value is -3.23. The fraction of sp³-hybridized carbons (Fsp3) is 0.0385. The summed E-state index contributed by atoms with van der Waals surface area (Å²) in [5, 5.41) is 7.60. The first kappa shape index (κ1) is 23.5. The molecule has 0 aliphatic carbocycles. The summed E-state index contributed by atoms with van der Waals surface area (Å²) in [5.74, 6) is 0.0490. The number of thiocarbonyl (C=S) groups is 1. The number of furan rings is 1. The van der Waals surface area contributed by atoms with Gasteiger partial charge >= 0.3 is 0 Å². The number of aromatic nitrogens is 1. The predicted molar refractivity (Wildman–Crippen MR) is 148 cm³/mol. The highest BCUT2D eigenvalue weighted by atomic mass is 35.5. The van der Waals surface area contributed by atoms with Gasteiger partial charge in [-0.2, -0.15) is 0 Å². The minimum Gasteiger partial charge on any atom is -0.451 e. The topological polar surface area (TPSA) is 67.2 Å². The van der Waals surface area contributed by atoms with E-state index in [1.807, 2.05) is 43.3 Å². The van der Waals surface area contributed by atoms with Crippen molar-refractivity contribution >= 4 is 73.7 Å². The van der Waals surface area contributed by atoms with Crippen LogP contribution in [0.3, 0.4) is 0 Å². The van der Waals surface area contributed by atoms with Crippen molar-refractivity contribution in [2.45, 2.75) is 6.92 Å². The maximum absolute atomic E-state index is 12.7. The van der Waals surface area contributed by atoms with E-state index in [-0.39, 0.29) is 10.9 Å². The molecule has 35 heavy (non-hydrogen) atoms. The first-order valence-electron chi connectivity index (χ1n) is 10.5. The number of carbonyl (C=O) groups is 1. The molecule has 0 saturated heterocycles. The number of anilines is 1. The van der Waals surface area contributed by atoms with Crippen LogP contribution in [0.25, 0.3) is 32.1 Å². The molecule has 0 radical (unpaired) electrons. The van der Waals surface area contributed by atoms with Crippen LogP contribution in [0.15, 0.2) is 77.2 Å². The molecule has 5 nitrogen and oxygen atoms in total. The van der Waals surface area contributed by atoms with Crippen molar-refractivity contribution < 1.29 is 9.21 Å². The highest BCUT2D eigenvalue weighted by Crippen LogP contribution is 2.35. The Morgan fingerprint density at radius 3 is 2.57 bits per heavy atom. The quantitative estimate of drug-likeness (QED) is 0.227. The first-order chi connectivity index (χ1) is 16.9. The molecule has 2 aromatic heterocycles. The third kappa shape index (κ3) is 4.81. The molecule has 2 heterocycles. The number of nitrogens with one attached hydrogen (secondary N) is 2. The van der Waals surface area contributed by atoms with Crippen LogP contribution in [0.1, 0.15) is 16.1 Å². The molecular weight excluding hydrogens is 521 g/mol.